The smallest absolute Gasteiger partial charge is 0.185 e. The number of nitrogens with zero attached hydrogens (tertiary/aromatic N) is 3. The SMILES string of the molecule is CCN(CC)c1ncc(CNC(C)c2nc(C)cs2)s1. The highest BCUT2D eigenvalue weighted by molar-refractivity contribution is 7.15. The van der Waals surface area contributed by atoms with E-state index in [9.17, 15) is 0 Å². The summed E-state index contributed by atoms with van der Waals surface area (Å²) < 4.78 is 0. The molecule has 0 aromatic carbocycles. The predicted octanol–water partition coefficient (Wildman–Crippen LogP) is 3.61. The van der Waals surface area contributed by atoms with Crippen molar-refractivity contribution < 1.29 is 0 Å². The monoisotopic (exact) mass is 310 g/mol. The standard InChI is InChI=1S/C14H22N4S2/c1-5-18(6-2)14-16-8-12(20-14)7-15-11(4)13-17-10(3)9-19-13/h8-9,11,15H,5-7H2,1-4H3. The normalized spacial score (nSPS) is 12.6. The maximum atomic E-state index is 4.52. The Morgan fingerprint density at radius 2 is 2.10 bits per heavy atom. The first-order valence-electron chi connectivity index (χ1n) is 6.99. The van der Waals surface area contributed by atoms with Gasteiger partial charge in [-0.25, -0.2) is 9.97 Å². The third kappa shape index (κ3) is 3.77. The van der Waals surface area contributed by atoms with E-state index in [1.807, 2.05) is 13.1 Å². The Bertz CT molecular complexity index is 531. The van der Waals surface area contributed by atoms with Crippen LogP contribution in [0.4, 0.5) is 5.13 Å². The van der Waals surface area contributed by atoms with Crippen LogP contribution >= 0.6 is 22.7 Å². The molecule has 2 rings (SSSR count). The molecule has 0 saturated carbocycles. The summed E-state index contributed by atoms with van der Waals surface area (Å²) in [7, 11) is 0. The fraction of sp³-hybridized carbons (Fsp3) is 0.571. The first-order chi connectivity index (χ1) is 9.63. The summed E-state index contributed by atoms with van der Waals surface area (Å²) in [5.74, 6) is 0. The van der Waals surface area contributed by atoms with Crippen LogP contribution in [-0.2, 0) is 6.54 Å². The molecule has 0 saturated heterocycles. The molecule has 0 amide bonds. The molecule has 0 spiro atoms. The average molecular weight is 310 g/mol. The second-order valence-electron chi connectivity index (χ2n) is 4.71. The molecule has 4 nitrogen and oxygen atoms in total. The van der Waals surface area contributed by atoms with Gasteiger partial charge in [0, 0.05) is 41.8 Å². The van der Waals surface area contributed by atoms with Gasteiger partial charge in [0.1, 0.15) is 5.01 Å². The lowest BCUT2D eigenvalue weighted by atomic mass is 10.3. The van der Waals surface area contributed by atoms with Gasteiger partial charge in [-0.05, 0) is 27.7 Å². The van der Waals surface area contributed by atoms with Gasteiger partial charge in [0.2, 0.25) is 0 Å². The van der Waals surface area contributed by atoms with Crippen LogP contribution in [0.2, 0.25) is 0 Å². The zero-order valence-electron chi connectivity index (χ0n) is 12.5. The molecule has 0 aliphatic rings. The number of anilines is 1. The Kier molecular flexibility index (Phi) is 5.51. The Morgan fingerprint density at radius 1 is 1.35 bits per heavy atom. The molecule has 1 N–H and O–H groups in total. The Labute approximate surface area is 128 Å². The van der Waals surface area contributed by atoms with Crippen molar-refractivity contribution in [3.05, 3.63) is 27.2 Å². The van der Waals surface area contributed by atoms with Crippen LogP contribution in [0.3, 0.4) is 0 Å². The average Bonchev–Trinajstić information content (AvgIpc) is 3.07. The van der Waals surface area contributed by atoms with E-state index in [-0.39, 0.29) is 6.04 Å². The van der Waals surface area contributed by atoms with E-state index in [1.165, 1.54) is 4.88 Å². The quantitative estimate of drug-likeness (QED) is 0.848. The lowest BCUT2D eigenvalue weighted by Crippen LogP contribution is -2.21. The summed E-state index contributed by atoms with van der Waals surface area (Å²) in [6, 6.07) is 0.285. The van der Waals surface area contributed by atoms with E-state index >= 15 is 0 Å². The number of thiazole rings is 2. The summed E-state index contributed by atoms with van der Waals surface area (Å²) in [5.41, 5.74) is 1.10. The minimum absolute atomic E-state index is 0.285. The molecule has 1 unspecified atom stereocenters. The first-order valence-corrected chi connectivity index (χ1v) is 8.68. The molecule has 0 radical (unpaired) electrons. The van der Waals surface area contributed by atoms with Crippen LogP contribution in [0.1, 0.15) is 42.4 Å². The molecule has 0 aliphatic carbocycles. The number of hydrogen-bond acceptors (Lipinski definition) is 6. The summed E-state index contributed by atoms with van der Waals surface area (Å²) in [6.07, 6.45) is 1.98. The first kappa shape index (κ1) is 15.4. The molecular weight excluding hydrogens is 288 g/mol. The third-order valence-corrected chi connectivity index (χ3v) is 5.37. The van der Waals surface area contributed by atoms with Crippen LogP contribution in [0.25, 0.3) is 0 Å². The van der Waals surface area contributed by atoms with Crippen molar-refractivity contribution in [2.24, 2.45) is 0 Å². The summed E-state index contributed by atoms with van der Waals surface area (Å²) in [6.45, 7) is 11.4. The molecule has 20 heavy (non-hydrogen) atoms. The number of nitrogens with one attached hydrogen (secondary N) is 1. The van der Waals surface area contributed by atoms with Gasteiger partial charge in [-0.2, -0.15) is 0 Å². The molecule has 110 valence electrons. The molecule has 0 aliphatic heterocycles. The van der Waals surface area contributed by atoms with Gasteiger partial charge in [-0.1, -0.05) is 0 Å². The molecule has 0 fully saturated rings. The van der Waals surface area contributed by atoms with E-state index in [0.717, 1.165) is 35.5 Å². The van der Waals surface area contributed by atoms with Crippen LogP contribution in [0.15, 0.2) is 11.6 Å². The number of aryl methyl sites for hydroxylation is 1. The summed E-state index contributed by atoms with van der Waals surface area (Å²) >= 11 is 3.48. The number of rotatable bonds is 7. The highest BCUT2D eigenvalue weighted by Crippen LogP contribution is 2.23. The van der Waals surface area contributed by atoms with Gasteiger partial charge in [0.05, 0.1) is 6.04 Å². The van der Waals surface area contributed by atoms with Gasteiger partial charge in [0.15, 0.2) is 5.13 Å². The zero-order chi connectivity index (χ0) is 14.5. The molecule has 2 aromatic heterocycles. The molecule has 2 heterocycles. The number of hydrogen-bond donors (Lipinski definition) is 1. The van der Waals surface area contributed by atoms with E-state index in [2.05, 4.69) is 46.3 Å². The largest absolute Gasteiger partial charge is 0.349 e. The minimum Gasteiger partial charge on any atom is -0.349 e. The van der Waals surface area contributed by atoms with E-state index < -0.39 is 0 Å². The summed E-state index contributed by atoms with van der Waals surface area (Å²) in [4.78, 5) is 12.6. The van der Waals surface area contributed by atoms with Crippen LogP contribution in [-0.4, -0.2) is 23.1 Å². The van der Waals surface area contributed by atoms with Crippen molar-refractivity contribution in [2.45, 2.75) is 40.3 Å². The Hall–Kier alpha value is -0.980. The van der Waals surface area contributed by atoms with Gasteiger partial charge in [-0.3, -0.25) is 0 Å². The molecular formula is C14H22N4S2. The summed E-state index contributed by atoms with van der Waals surface area (Å²) in [5, 5.41) is 7.88. The Morgan fingerprint density at radius 3 is 2.70 bits per heavy atom. The van der Waals surface area contributed by atoms with Gasteiger partial charge < -0.3 is 10.2 Å². The van der Waals surface area contributed by atoms with E-state index in [4.69, 9.17) is 0 Å². The second kappa shape index (κ2) is 7.15. The van der Waals surface area contributed by atoms with Crippen molar-refractivity contribution in [1.29, 1.82) is 0 Å². The number of aromatic nitrogens is 2. The topological polar surface area (TPSA) is 41.1 Å². The Balaban J connectivity index is 1.91. The fourth-order valence-electron chi connectivity index (χ4n) is 1.93. The van der Waals surface area contributed by atoms with Crippen LogP contribution in [0.5, 0.6) is 0 Å². The maximum Gasteiger partial charge on any atom is 0.185 e. The maximum absolute atomic E-state index is 4.52. The van der Waals surface area contributed by atoms with Crippen molar-refractivity contribution in [3.63, 3.8) is 0 Å². The predicted molar refractivity (Wildman–Crippen MR) is 87.8 cm³/mol. The van der Waals surface area contributed by atoms with E-state index in [0.29, 0.717) is 0 Å². The molecule has 6 heteroatoms. The third-order valence-electron chi connectivity index (χ3n) is 3.17. The van der Waals surface area contributed by atoms with Crippen molar-refractivity contribution in [3.8, 4) is 0 Å². The minimum atomic E-state index is 0.285. The van der Waals surface area contributed by atoms with Crippen molar-refractivity contribution in [2.75, 3.05) is 18.0 Å². The lowest BCUT2D eigenvalue weighted by molar-refractivity contribution is 0.574. The highest BCUT2D eigenvalue weighted by Gasteiger charge is 2.11. The zero-order valence-corrected chi connectivity index (χ0v) is 14.1. The highest BCUT2D eigenvalue weighted by atomic mass is 32.1. The van der Waals surface area contributed by atoms with Crippen molar-refractivity contribution in [1.82, 2.24) is 15.3 Å². The van der Waals surface area contributed by atoms with E-state index in [1.54, 1.807) is 22.7 Å². The van der Waals surface area contributed by atoms with Gasteiger partial charge in [-0.15, -0.1) is 22.7 Å². The lowest BCUT2D eigenvalue weighted by Gasteiger charge is -2.16. The second-order valence-corrected chi connectivity index (χ2v) is 6.69. The van der Waals surface area contributed by atoms with Crippen LogP contribution < -0.4 is 10.2 Å². The fourth-order valence-corrected chi connectivity index (χ4v) is 3.75. The molecule has 0 bridgehead atoms. The molecule has 1 atom stereocenters. The van der Waals surface area contributed by atoms with Crippen molar-refractivity contribution >= 4 is 27.8 Å². The molecule has 2 aromatic rings. The van der Waals surface area contributed by atoms with Crippen LogP contribution in [0, 0.1) is 6.92 Å². The van der Waals surface area contributed by atoms with Gasteiger partial charge >= 0.3 is 0 Å². The van der Waals surface area contributed by atoms with Gasteiger partial charge in [0.25, 0.3) is 0 Å².